The molecule has 73 heavy (non-hydrogen) atoms. The lowest BCUT2D eigenvalue weighted by molar-refractivity contribution is -0.228. The zero-order valence-corrected chi connectivity index (χ0v) is 43.5. The Balaban J connectivity index is 1.07. The average Bonchev–Trinajstić information content (AvgIpc) is 4.09. The lowest BCUT2D eigenvalue weighted by atomic mass is 9.47. The van der Waals surface area contributed by atoms with Crippen molar-refractivity contribution in [2.75, 3.05) is 79.1 Å². The number of fused-ring (bicyclic) bond motifs is 6. The number of esters is 3. The van der Waals surface area contributed by atoms with Gasteiger partial charge in [0.1, 0.15) is 11.2 Å². The highest BCUT2D eigenvalue weighted by Crippen LogP contribution is 2.68. The quantitative estimate of drug-likeness (QED) is 0.0938. The van der Waals surface area contributed by atoms with Crippen molar-refractivity contribution < 1.29 is 43.2 Å². The van der Waals surface area contributed by atoms with Gasteiger partial charge < -0.3 is 49.1 Å². The van der Waals surface area contributed by atoms with Crippen LogP contribution in [-0.4, -0.2) is 152 Å². The van der Waals surface area contributed by atoms with Crippen molar-refractivity contribution in [3.8, 4) is 5.75 Å². The molecule has 3 N–H and O–H groups in total. The minimum Gasteiger partial charge on any atom is -0.496 e. The second kappa shape index (κ2) is 18.2. The number of benzene rings is 3. The number of piperidine rings is 2. The number of aromatic amines is 1. The van der Waals surface area contributed by atoms with Crippen LogP contribution in [0.1, 0.15) is 99.6 Å². The van der Waals surface area contributed by atoms with Crippen molar-refractivity contribution in [1.82, 2.24) is 25.0 Å². The van der Waals surface area contributed by atoms with E-state index in [9.17, 15) is 19.5 Å². The molecular weight excluding hydrogens is 925 g/mol. The topological polar surface area (TPSA) is 166 Å². The highest BCUT2D eigenvalue weighted by atomic mass is 16.6. The van der Waals surface area contributed by atoms with Gasteiger partial charge >= 0.3 is 23.9 Å². The number of likely N-dealkylation sites (N-methyl/N-ethyl adjacent to an activating group) is 1. The number of likely N-dealkylation sites (tertiary alicyclic amines) is 1. The molecule has 6 aliphatic heterocycles. The summed E-state index contributed by atoms with van der Waals surface area (Å²) in [5.41, 5.74) is -0.102. The predicted molar refractivity (Wildman–Crippen MR) is 277 cm³/mol. The van der Waals surface area contributed by atoms with Gasteiger partial charge in [0.25, 0.3) is 0 Å². The zero-order valence-electron chi connectivity index (χ0n) is 43.5. The van der Waals surface area contributed by atoms with Crippen molar-refractivity contribution in [2.45, 2.75) is 118 Å². The number of anilines is 1. The predicted octanol–water partition coefficient (Wildman–Crippen LogP) is 6.59. The van der Waals surface area contributed by atoms with Gasteiger partial charge in [-0.1, -0.05) is 74.5 Å². The summed E-state index contributed by atoms with van der Waals surface area (Å²) in [4.78, 5) is 70.8. The number of para-hydroxylation sites is 1. The standard InChI is InChI=1S/C58H72N6O9/c1-8-54(60-53(68)64-27-20-39(21-28-64)38-16-11-10-12-17-38)32-37-33-57(51(66)71-6,47-41(22-26-62(34-37)35-54)40-18-13-14-19-44(40)59-47)43-30-42-45(31-46(43)70-5)61(4)49-56(42)24-29-63-25-15-23-55(9-2,48(56)63)50(73-36(3)65)58(49,69)52(67)72-7/h10-19,23,30-31,37,39,48-50,59,69H,8-9,20-22,24-29,32-35H2,1-7H3,(H,60,68)/t37-,48+,49-,50-,54+,55-,56-,57+,58+/m1/s1. The molecule has 4 fully saturated rings. The third kappa shape index (κ3) is 7.14. The maximum atomic E-state index is 15.8. The summed E-state index contributed by atoms with van der Waals surface area (Å²) in [5.74, 6) is -1.17. The minimum absolute atomic E-state index is 0.0424. The molecule has 1 aliphatic carbocycles. The number of H-pyrrole nitrogens is 1. The molecule has 388 valence electrons. The molecule has 10 atom stereocenters. The SMILES string of the molecule is CC[C@]1(NC(=O)N2CCC(c3ccccc3)CC2)C[C@H]2CN(CCc3c([nH]c4ccccc34)[C@@](C(=O)OC)(c3cc4c(cc3OC)N(C)[C@H]3[C@@](O)(C(=O)OC)[C@H](OC(C)=O)[C@]5(CC)C=CCN6CC[C@]43[C@@H]65)C2)C1. The number of hydrogen-bond acceptors (Lipinski definition) is 12. The molecule has 7 aliphatic rings. The fourth-order valence-electron chi connectivity index (χ4n) is 16.2. The molecule has 1 saturated carbocycles. The number of nitrogens with one attached hydrogen (secondary N) is 2. The summed E-state index contributed by atoms with van der Waals surface area (Å²) in [6, 6.07) is 21.6. The first-order chi connectivity index (χ1) is 35.2. The van der Waals surface area contributed by atoms with Gasteiger partial charge in [0.15, 0.2) is 6.10 Å². The maximum Gasteiger partial charge on any atom is 0.344 e. The van der Waals surface area contributed by atoms with Crippen LogP contribution < -0.4 is 15.0 Å². The Labute approximate surface area is 428 Å². The molecule has 11 rings (SSSR count). The number of nitrogens with zero attached hydrogens (tertiary/aromatic N) is 4. The molecule has 3 aromatic carbocycles. The third-order valence-corrected chi connectivity index (χ3v) is 19.1. The van der Waals surface area contributed by atoms with Crippen LogP contribution in [0.15, 0.2) is 78.9 Å². The number of carbonyl (C=O) groups is 4. The molecule has 0 radical (unpaired) electrons. The maximum absolute atomic E-state index is 15.8. The van der Waals surface area contributed by atoms with Crippen LogP contribution in [0.25, 0.3) is 10.9 Å². The van der Waals surface area contributed by atoms with Crippen molar-refractivity contribution in [1.29, 1.82) is 0 Å². The summed E-state index contributed by atoms with van der Waals surface area (Å²) >= 11 is 0. The van der Waals surface area contributed by atoms with Gasteiger partial charge in [-0.2, -0.15) is 0 Å². The number of aromatic nitrogens is 1. The molecular formula is C58H72N6O9. The van der Waals surface area contributed by atoms with E-state index in [2.05, 4.69) is 81.6 Å². The summed E-state index contributed by atoms with van der Waals surface area (Å²) in [5, 5.41) is 18.2. The normalized spacial score (nSPS) is 33.6. The first-order valence-corrected chi connectivity index (χ1v) is 26.6. The summed E-state index contributed by atoms with van der Waals surface area (Å²) < 4.78 is 24.4. The van der Waals surface area contributed by atoms with Gasteiger partial charge in [-0.25, -0.2) is 9.59 Å². The number of amides is 2. The van der Waals surface area contributed by atoms with Crippen molar-refractivity contribution in [3.05, 3.63) is 107 Å². The van der Waals surface area contributed by atoms with E-state index in [1.165, 1.54) is 26.7 Å². The Bertz CT molecular complexity index is 2860. The van der Waals surface area contributed by atoms with E-state index in [1.807, 2.05) is 48.0 Å². The molecule has 1 unspecified atom stereocenters. The van der Waals surface area contributed by atoms with Crippen LogP contribution in [0.2, 0.25) is 0 Å². The number of rotatable bonds is 9. The van der Waals surface area contributed by atoms with Gasteiger partial charge in [0, 0.05) is 104 Å². The zero-order chi connectivity index (χ0) is 51.2. The average molecular weight is 997 g/mol. The Morgan fingerprint density at radius 3 is 2.30 bits per heavy atom. The lowest BCUT2D eigenvalue weighted by Gasteiger charge is -2.63. The molecule has 1 spiro atoms. The van der Waals surface area contributed by atoms with Gasteiger partial charge in [-0.3, -0.25) is 14.5 Å². The van der Waals surface area contributed by atoms with Crippen molar-refractivity contribution in [2.24, 2.45) is 11.3 Å². The summed E-state index contributed by atoms with van der Waals surface area (Å²) in [6.45, 7) is 10.2. The Morgan fingerprint density at radius 1 is 0.863 bits per heavy atom. The van der Waals surface area contributed by atoms with Crippen molar-refractivity contribution in [3.63, 3.8) is 0 Å². The molecule has 15 nitrogen and oxygen atoms in total. The van der Waals surface area contributed by atoms with Gasteiger partial charge in [-0.05, 0) is 98.6 Å². The fourth-order valence-corrected chi connectivity index (χ4v) is 16.2. The van der Waals surface area contributed by atoms with Crippen LogP contribution in [0.4, 0.5) is 10.5 Å². The molecule has 3 saturated heterocycles. The number of carbonyl (C=O) groups excluding carboxylic acids is 4. The first-order valence-electron chi connectivity index (χ1n) is 26.6. The van der Waals surface area contributed by atoms with Crippen LogP contribution in [0.3, 0.4) is 0 Å². The number of methoxy groups -OCH3 is 3. The Hall–Kier alpha value is -5.90. The van der Waals surface area contributed by atoms with E-state index in [1.54, 1.807) is 7.11 Å². The molecule has 15 heteroatoms. The van der Waals surface area contributed by atoms with E-state index >= 15 is 4.79 Å². The molecule has 7 heterocycles. The molecule has 2 amide bonds. The Morgan fingerprint density at radius 2 is 1.60 bits per heavy atom. The molecule has 1 aromatic heterocycles. The summed E-state index contributed by atoms with van der Waals surface area (Å²) in [7, 11) is 6.21. The number of hydrogen-bond donors (Lipinski definition) is 3. The molecule has 4 aromatic rings. The van der Waals surface area contributed by atoms with Crippen molar-refractivity contribution >= 4 is 40.5 Å². The van der Waals surface area contributed by atoms with E-state index in [-0.39, 0.29) is 18.0 Å². The lowest BCUT2D eigenvalue weighted by Crippen LogP contribution is -2.81. The van der Waals surface area contributed by atoms with Crippen LogP contribution >= 0.6 is 0 Å². The van der Waals surface area contributed by atoms with Gasteiger partial charge in [0.05, 0.1) is 32.9 Å². The fraction of sp³-hybridized carbons (Fsp3) is 0.552. The monoisotopic (exact) mass is 997 g/mol. The number of ether oxygens (including phenoxy) is 4. The van der Waals surface area contributed by atoms with Crippen LogP contribution in [-0.2, 0) is 45.8 Å². The van der Waals surface area contributed by atoms with Gasteiger partial charge in [0.2, 0.25) is 5.60 Å². The summed E-state index contributed by atoms with van der Waals surface area (Å²) in [6.07, 6.45) is 7.95. The minimum atomic E-state index is -2.33. The number of urea groups is 1. The van der Waals surface area contributed by atoms with Crippen LogP contribution in [0, 0.1) is 11.3 Å². The third-order valence-electron chi connectivity index (χ3n) is 19.1. The highest BCUT2D eigenvalue weighted by molar-refractivity contribution is 5.95. The highest BCUT2D eigenvalue weighted by Gasteiger charge is 2.80. The first kappa shape index (κ1) is 49.3. The number of aliphatic hydroxyl groups is 1. The molecule has 2 bridgehead atoms. The smallest absolute Gasteiger partial charge is 0.344 e. The second-order valence-electron chi connectivity index (χ2n) is 22.4. The van der Waals surface area contributed by atoms with E-state index in [0.29, 0.717) is 102 Å². The van der Waals surface area contributed by atoms with Crippen LogP contribution in [0.5, 0.6) is 5.75 Å². The van der Waals surface area contributed by atoms with E-state index < -0.39 is 57.4 Å². The second-order valence-corrected chi connectivity index (χ2v) is 22.4. The van der Waals surface area contributed by atoms with E-state index in [0.717, 1.165) is 46.3 Å². The van der Waals surface area contributed by atoms with E-state index in [4.69, 9.17) is 18.9 Å². The largest absolute Gasteiger partial charge is 0.496 e. The Kier molecular flexibility index (Phi) is 12.3. The van der Waals surface area contributed by atoms with Gasteiger partial charge in [-0.15, -0.1) is 0 Å².